The van der Waals surface area contributed by atoms with Gasteiger partial charge in [-0.3, -0.25) is 4.79 Å². The fourth-order valence-electron chi connectivity index (χ4n) is 1.57. The standard InChI is InChI=1S/C14H9Br3O/c15-8-9-1-3-10(4-2-9)14(18)12-7-11(16)5-6-13(12)17/h1-7H,8H2. The summed E-state index contributed by atoms with van der Waals surface area (Å²) in [6, 6.07) is 13.2. The van der Waals surface area contributed by atoms with Crippen molar-refractivity contribution in [3.8, 4) is 0 Å². The average Bonchev–Trinajstić information content (AvgIpc) is 2.41. The molecular formula is C14H9Br3O. The van der Waals surface area contributed by atoms with Crippen molar-refractivity contribution in [3.05, 3.63) is 68.1 Å². The van der Waals surface area contributed by atoms with Crippen LogP contribution in [0, 0.1) is 0 Å². The number of ketones is 1. The molecule has 0 fully saturated rings. The van der Waals surface area contributed by atoms with Crippen LogP contribution in [0.2, 0.25) is 0 Å². The van der Waals surface area contributed by atoms with Crippen LogP contribution in [-0.4, -0.2) is 5.78 Å². The maximum Gasteiger partial charge on any atom is 0.194 e. The Morgan fingerprint density at radius 2 is 1.67 bits per heavy atom. The molecule has 18 heavy (non-hydrogen) atoms. The van der Waals surface area contributed by atoms with E-state index in [2.05, 4.69) is 47.8 Å². The van der Waals surface area contributed by atoms with Gasteiger partial charge in [-0.2, -0.15) is 0 Å². The van der Waals surface area contributed by atoms with Crippen LogP contribution < -0.4 is 0 Å². The predicted octanol–water partition coefficient (Wildman–Crippen LogP) is 5.34. The quantitative estimate of drug-likeness (QED) is 0.472. The Morgan fingerprint density at radius 1 is 1.00 bits per heavy atom. The number of rotatable bonds is 3. The molecule has 2 aromatic carbocycles. The van der Waals surface area contributed by atoms with Crippen molar-refractivity contribution < 1.29 is 4.79 Å². The fourth-order valence-corrected chi connectivity index (χ4v) is 2.73. The van der Waals surface area contributed by atoms with Crippen molar-refractivity contribution in [2.45, 2.75) is 5.33 Å². The minimum atomic E-state index is 0.0179. The molecule has 1 nitrogen and oxygen atoms in total. The van der Waals surface area contributed by atoms with E-state index in [0.29, 0.717) is 11.1 Å². The second-order valence-electron chi connectivity index (χ2n) is 3.78. The Balaban J connectivity index is 2.38. The number of carbonyl (C=O) groups excluding carboxylic acids is 1. The average molecular weight is 433 g/mol. The molecule has 2 aromatic rings. The van der Waals surface area contributed by atoms with E-state index in [1.807, 2.05) is 42.5 Å². The van der Waals surface area contributed by atoms with Gasteiger partial charge >= 0.3 is 0 Å². The van der Waals surface area contributed by atoms with Gasteiger partial charge in [-0.15, -0.1) is 0 Å². The number of carbonyl (C=O) groups is 1. The van der Waals surface area contributed by atoms with Gasteiger partial charge in [0.15, 0.2) is 5.78 Å². The van der Waals surface area contributed by atoms with Crippen molar-refractivity contribution in [1.29, 1.82) is 0 Å². The lowest BCUT2D eigenvalue weighted by Gasteiger charge is -2.05. The summed E-state index contributed by atoms with van der Waals surface area (Å²) in [5, 5.41) is 0.794. The smallest absolute Gasteiger partial charge is 0.194 e. The van der Waals surface area contributed by atoms with E-state index < -0.39 is 0 Å². The van der Waals surface area contributed by atoms with Crippen LogP contribution in [0.25, 0.3) is 0 Å². The molecule has 92 valence electrons. The number of benzene rings is 2. The Bertz CT molecular complexity index is 576. The van der Waals surface area contributed by atoms with Crippen LogP contribution in [0.4, 0.5) is 0 Å². The van der Waals surface area contributed by atoms with Crippen LogP contribution in [-0.2, 0) is 5.33 Å². The van der Waals surface area contributed by atoms with E-state index in [9.17, 15) is 4.79 Å². The summed E-state index contributed by atoms with van der Waals surface area (Å²) in [6.07, 6.45) is 0. The first-order valence-corrected chi connectivity index (χ1v) is 7.97. The largest absolute Gasteiger partial charge is 0.289 e. The lowest BCUT2D eigenvalue weighted by Crippen LogP contribution is -2.02. The summed E-state index contributed by atoms with van der Waals surface area (Å²) in [5.41, 5.74) is 2.51. The van der Waals surface area contributed by atoms with Gasteiger partial charge in [0.2, 0.25) is 0 Å². The molecule has 0 heterocycles. The number of halogens is 3. The van der Waals surface area contributed by atoms with Crippen LogP contribution >= 0.6 is 47.8 Å². The van der Waals surface area contributed by atoms with Gasteiger partial charge in [0.05, 0.1) is 0 Å². The molecule has 0 spiro atoms. The summed E-state index contributed by atoms with van der Waals surface area (Å²) < 4.78 is 1.70. The zero-order chi connectivity index (χ0) is 13.1. The van der Waals surface area contributed by atoms with Crippen LogP contribution in [0.1, 0.15) is 21.5 Å². The Kier molecular flexibility index (Phi) is 4.76. The summed E-state index contributed by atoms with van der Waals surface area (Å²) >= 11 is 10.2. The lowest BCUT2D eigenvalue weighted by molar-refractivity contribution is 0.103. The van der Waals surface area contributed by atoms with E-state index >= 15 is 0 Å². The number of hydrogen-bond acceptors (Lipinski definition) is 1. The molecule has 0 aliphatic carbocycles. The highest BCUT2D eigenvalue weighted by Gasteiger charge is 2.12. The monoisotopic (exact) mass is 430 g/mol. The third-order valence-electron chi connectivity index (χ3n) is 2.54. The lowest BCUT2D eigenvalue weighted by atomic mass is 10.0. The Morgan fingerprint density at radius 3 is 2.28 bits per heavy atom. The van der Waals surface area contributed by atoms with E-state index in [1.165, 1.54) is 0 Å². The van der Waals surface area contributed by atoms with Crippen molar-refractivity contribution in [3.63, 3.8) is 0 Å². The molecule has 0 saturated carbocycles. The minimum Gasteiger partial charge on any atom is -0.289 e. The van der Waals surface area contributed by atoms with Gasteiger partial charge in [0.25, 0.3) is 0 Å². The molecule has 0 atom stereocenters. The zero-order valence-electron chi connectivity index (χ0n) is 9.29. The molecule has 0 N–H and O–H groups in total. The molecule has 0 amide bonds. The highest BCUT2D eigenvalue weighted by Crippen LogP contribution is 2.24. The second-order valence-corrected chi connectivity index (χ2v) is 6.11. The molecule has 0 radical (unpaired) electrons. The third-order valence-corrected chi connectivity index (χ3v) is 4.38. The summed E-state index contributed by atoms with van der Waals surface area (Å²) in [6.45, 7) is 0. The van der Waals surface area contributed by atoms with Gasteiger partial charge in [0.1, 0.15) is 0 Å². The van der Waals surface area contributed by atoms with Gasteiger partial charge in [0, 0.05) is 25.4 Å². The molecule has 0 saturated heterocycles. The molecule has 4 heteroatoms. The van der Waals surface area contributed by atoms with Gasteiger partial charge < -0.3 is 0 Å². The molecule has 0 aromatic heterocycles. The first-order valence-electron chi connectivity index (χ1n) is 5.26. The Hall–Kier alpha value is -0.450. The molecule has 0 aliphatic rings. The van der Waals surface area contributed by atoms with E-state index in [4.69, 9.17) is 0 Å². The topological polar surface area (TPSA) is 17.1 Å². The second kappa shape index (κ2) is 6.13. The Labute approximate surface area is 131 Å². The molecular weight excluding hydrogens is 424 g/mol. The summed E-state index contributed by atoms with van der Waals surface area (Å²) in [7, 11) is 0. The van der Waals surface area contributed by atoms with Crippen molar-refractivity contribution in [1.82, 2.24) is 0 Å². The number of alkyl halides is 1. The normalized spacial score (nSPS) is 10.4. The first-order chi connectivity index (χ1) is 8.61. The van der Waals surface area contributed by atoms with Crippen LogP contribution in [0.15, 0.2) is 51.4 Å². The minimum absolute atomic E-state index is 0.0179. The van der Waals surface area contributed by atoms with Crippen molar-refractivity contribution >= 4 is 53.6 Å². The van der Waals surface area contributed by atoms with Crippen molar-refractivity contribution in [2.75, 3.05) is 0 Å². The molecule has 0 aliphatic heterocycles. The van der Waals surface area contributed by atoms with Gasteiger partial charge in [-0.1, -0.05) is 72.1 Å². The van der Waals surface area contributed by atoms with Gasteiger partial charge in [-0.25, -0.2) is 0 Å². The van der Waals surface area contributed by atoms with Crippen molar-refractivity contribution in [2.24, 2.45) is 0 Å². The van der Waals surface area contributed by atoms with E-state index in [0.717, 1.165) is 19.8 Å². The molecule has 0 bridgehead atoms. The fraction of sp³-hybridized carbons (Fsp3) is 0.0714. The highest BCUT2D eigenvalue weighted by atomic mass is 79.9. The van der Waals surface area contributed by atoms with E-state index in [1.54, 1.807) is 0 Å². The van der Waals surface area contributed by atoms with Crippen LogP contribution in [0.3, 0.4) is 0 Å². The summed E-state index contributed by atoms with van der Waals surface area (Å²) in [4.78, 5) is 12.4. The van der Waals surface area contributed by atoms with E-state index in [-0.39, 0.29) is 5.78 Å². The SMILES string of the molecule is O=C(c1ccc(CBr)cc1)c1cc(Br)ccc1Br. The molecule has 0 unspecified atom stereocenters. The third kappa shape index (κ3) is 3.11. The van der Waals surface area contributed by atoms with Crippen LogP contribution in [0.5, 0.6) is 0 Å². The van der Waals surface area contributed by atoms with Gasteiger partial charge in [-0.05, 0) is 23.8 Å². The summed E-state index contributed by atoms with van der Waals surface area (Å²) in [5.74, 6) is 0.0179. The molecule has 2 rings (SSSR count). The zero-order valence-corrected chi connectivity index (χ0v) is 14.0. The number of hydrogen-bond donors (Lipinski definition) is 0. The first kappa shape index (κ1) is 14.0. The predicted molar refractivity (Wildman–Crippen MR) is 84.3 cm³/mol. The maximum absolute atomic E-state index is 12.4. The maximum atomic E-state index is 12.4. The highest BCUT2D eigenvalue weighted by molar-refractivity contribution is 9.11.